The quantitative estimate of drug-likeness (QED) is 0.657. The van der Waals surface area contributed by atoms with Crippen LogP contribution in [0.15, 0.2) is 30.3 Å². The summed E-state index contributed by atoms with van der Waals surface area (Å²) in [5, 5.41) is 5.77. The molecule has 0 spiro atoms. The number of likely N-dealkylation sites (N-methyl/N-ethyl adjacent to an activating group) is 1. The van der Waals surface area contributed by atoms with Crippen LogP contribution in [0.4, 0.5) is 0 Å². The Hall–Kier alpha value is -1.88. The molecule has 1 rings (SSSR count). The van der Waals surface area contributed by atoms with Crippen molar-refractivity contribution in [1.82, 2.24) is 10.6 Å². The smallest absolute Gasteiger partial charge is 0.275 e. The van der Waals surface area contributed by atoms with E-state index in [2.05, 4.69) is 10.6 Å². The van der Waals surface area contributed by atoms with Crippen LogP contribution < -0.4 is 15.5 Å². The molecule has 0 fully saturated rings. The molecule has 0 heterocycles. The van der Waals surface area contributed by atoms with Crippen LogP contribution in [-0.2, 0) is 9.59 Å². The predicted octanol–water partition coefficient (Wildman–Crippen LogP) is -0.0969. The molecule has 5 nitrogen and oxygen atoms in total. The van der Waals surface area contributed by atoms with Gasteiger partial charge in [0.2, 0.25) is 0 Å². The Morgan fingerprint density at radius 3 is 2.05 bits per heavy atom. The highest BCUT2D eigenvalue weighted by Gasteiger charge is 2.16. The standard InChI is InChI=1S/C16H25N3O2/c1-12(2)17-15(20)10-19(4)11-16(21)18-13(3)14-8-6-5-7-9-14/h5-9,12-13H,10-11H2,1-4H3,(H,17,20)(H,18,21)/p+1/t13-/m0/s1. The van der Waals surface area contributed by atoms with E-state index in [4.69, 9.17) is 0 Å². The highest BCUT2D eigenvalue weighted by atomic mass is 16.2. The van der Waals surface area contributed by atoms with Gasteiger partial charge in [-0.15, -0.1) is 0 Å². The van der Waals surface area contributed by atoms with Crippen molar-refractivity contribution in [3.8, 4) is 0 Å². The van der Waals surface area contributed by atoms with Crippen LogP contribution >= 0.6 is 0 Å². The van der Waals surface area contributed by atoms with E-state index in [1.54, 1.807) is 0 Å². The SMILES string of the molecule is CC(C)NC(=O)C[NH+](C)CC(=O)N[C@@H](C)c1ccccc1. The summed E-state index contributed by atoms with van der Waals surface area (Å²) >= 11 is 0. The highest BCUT2D eigenvalue weighted by Crippen LogP contribution is 2.10. The molecule has 0 radical (unpaired) electrons. The molecule has 0 aromatic heterocycles. The Labute approximate surface area is 126 Å². The third-order valence-electron chi connectivity index (χ3n) is 3.05. The number of rotatable bonds is 7. The molecule has 0 saturated carbocycles. The Morgan fingerprint density at radius 1 is 1.00 bits per heavy atom. The fourth-order valence-electron chi connectivity index (χ4n) is 2.10. The van der Waals surface area contributed by atoms with Crippen LogP contribution in [0.25, 0.3) is 0 Å². The number of hydrogen-bond donors (Lipinski definition) is 3. The van der Waals surface area contributed by atoms with E-state index in [-0.39, 0.29) is 30.4 Å². The lowest BCUT2D eigenvalue weighted by atomic mass is 10.1. The molecule has 0 aliphatic rings. The first-order valence-corrected chi connectivity index (χ1v) is 7.33. The fraction of sp³-hybridized carbons (Fsp3) is 0.500. The number of carbonyl (C=O) groups excluding carboxylic acids is 2. The second-order valence-electron chi connectivity index (χ2n) is 5.73. The van der Waals surface area contributed by atoms with Crippen molar-refractivity contribution in [2.75, 3.05) is 20.1 Å². The number of amides is 2. The Bertz CT molecular complexity index is 460. The van der Waals surface area contributed by atoms with E-state index in [0.717, 1.165) is 10.5 Å². The summed E-state index contributed by atoms with van der Waals surface area (Å²) in [6, 6.07) is 9.91. The minimum atomic E-state index is -0.0544. The Kier molecular flexibility index (Phi) is 6.88. The van der Waals surface area contributed by atoms with Gasteiger partial charge >= 0.3 is 0 Å². The minimum absolute atomic E-state index is 0.0315. The third kappa shape index (κ3) is 6.90. The summed E-state index contributed by atoms with van der Waals surface area (Å²) in [6.07, 6.45) is 0. The normalized spacial score (nSPS) is 13.6. The van der Waals surface area contributed by atoms with Crippen LogP contribution in [0.1, 0.15) is 32.4 Å². The maximum atomic E-state index is 12.0. The average Bonchev–Trinajstić information content (AvgIpc) is 2.37. The molecular formula is C16H26N3O2+. The monoisotopic (exact) mass is 292 g/mol. The zero-order chi connectivity index (χ0) is 15.8. The molecule has 0 aliphatic heterocycles. The van der Waals surface area contributed by atoms with Crippen molar-refractivity contribution in [3.05, 3.63) is 35.9 Å². The van der Waals surface area contributed by atoms with Gasteiger partial charge in [-0.2, -0.15) is 0 Å². The van der Waals surface area contributed by atoms with Gasteiger partial charge in [0, 0.05) is 6.04 Å². The first-order valence-electron chi connectivity index (χ1n) is 7.33. The van der Waals surface area contributed by atoms with Gasteiger partial charge in [-0.1, -0.05) is 30.3 Å². The zero-order valence-electron chi connectivity index (χ0n) is 13.3. The fourth-order valence-corrected chi connectivity index (χ4v) is 2.10. The van der Waals surface area contributed by atoms with Crippen molar-refractivity contribution in [2.45, 2.75) is 32.9 Å². The largest absolute Gasteiger partial charge is 0.349 e. The molecule has 1 unspecified atom stereocenters. The molecule has 21 heavy (non-hydrogen) atoms. The first kappa shape index (κ1) is 17.2. The maximum absolute atomic E-state index is 12.0. The number of quaternary nitrogens is 1. The summed E-state index contributed by atoms with van der Waals surface area (Å²) in [6.45, 7) is 6.37. The van der Waals surface area contributed by atoms with E-state index >= 15 is 0 Å². The summed E-state index contributed by atoms with van der Waals surface area (Å²) in [7, 11) is 1.84. The molecule has 1 aromatic carbocycles. The van der Waals surface area contributed by atoms with E-state index in [1.807, 2.05) is 58.2 Å². The Balaban J connectivity index is 2.37. The number of hydrogen-bond acceptors (Lipinski definition) is 2. The van der Waals surface area contributed by atoms with Crippen LogP contribution in [-0.4, -0.2) is 38.0 Å². The number of nitrogens with one attached hydrogen (secondary N) is 3. The first-order chi connectivity index (χ1) is 9.88. The van der Waals surface area contributed by atoms with Gasteiger partial charge in [0.25, 0.3) is 11.8 Å². The second kappa shape index (κ2) is 8.42. The highest BCUT2D eigenvalue weighted by molar-refractivity contribution is 5.79. The van der Waals surface area contributed by atoms with E-state index < -0.39 is 0 Å². The predicted molar refractivity (Wildman–Crippen MR) is 82.9 cm³/mol. The van der Waals surface area contributed by atoms with Crippen LogP contribution in [0.2, 0.25) is 0 Å². The van der Waals surface area contributed by atoms with Gasteiger partial charge in [0.05, 0.1) is 13.1 Å². The molecule has 0 aliphatic carbocycles. The van der Waals surface area contributed by atoms with Gasteiger partial charge in [-0.3, -0.25) is 9.59 Å². The molecule has 3 N–H and O–H groups in total. The topological polar surface area (TPSA) is 62.6 Å². The molecule has 0 bridgehead atoms. The number of carbonyl (C=O) groups is 2. The van der Waals surface area contributed by atoms with E-state index in [0.29, 0.717) is 6.54 Å². The summed E-state index contributed by atoms with van der Waals surface area (Å²) in [5.41, 5.74) is 1.07. The van der Waals surface area contributed by atoms with Gasteiger partial charge in [0.15, 0.2) is 13.1 Å². The summed E-state index contributed by atoms with van der Waals surface area (Å²) in [5.74, 6) is -0.0902. The van der Waals surface area contributed by atoms with Gasteiger partial charge < -0.3 is 15.5 Å². The van der Waals surface area contributed by atoms with Crippen LogP contribution in [0.3, 0.4) is 0 Å². The van der Waals surface area contributed by atoms with Crippen molar-refractivity contribution >= 4 is 11.8 Å². The molecule has 116 valence electrons. The molecule has 0 saturated heterocycles. The molecule has 2 amide bonds. The lowest BCUT2D eigenvalue weighted by Gasteiger charge is -2.17. The van der Waals surface area contributed by atoms with Gasteiger partial charge in [0.1, 0.15) is 0 Å². The second-order valence-corrected chi connectivity index (χ2v) is 5.73. The van der Waals surface area contributed by atoms with Gasteiger partial charge in [-0.25, -0.2) is 0 Å². The van der Waals surface area contributed by atoms with E-state index in [1.165, 1.54) is 0 Å². The average molecular weight is 292 g/mol. The molecule has 2 atom stereocenters. The van der Waals surface area contributed by atoms with Crippen LogP contribution in [0, 0.1) is 0 Å². The van der Waals surface area contributed by atoms with Gasteiger partial charge in [-0.05, 0) is 26.3 Å². The Morgan fingerprint density at radius 2 is 1.52 bits per heavy atom. The number of benzene rings is 1. The summed E-state index contributed by atoms with van der Waals surface area (Å²) < 4.78 is 0. The molecular weight excluding hydrogens is 266 g/mol. The van der Waals surface area contributed by atoms with Crippen molar-refractivity contribution in [1.29, 1.82) is 0 Å². The maximum Gasteiger partial charge on any atom is 0.275 e. The lowest BCUT2D eigenvalue weighted by molar-refractivity contribution is -0.862. The summed E-state index contributed by atoms with van der Waals surface area (Å²) in [4.78, 5) is 24.5. The lowest BCUT2D eigenvalue weighted by Crippen LogP contribution is -3.11. The minimum Gasteiger partial charge on any atom is -0.349 e. The van der Waals surface area contributed by atoms with Crippen molar-refractivity contribution in [2.24, 2.45) is 0 Å². The zero-order valence-corrected chi connectivity index (χ0v) is 13.3. The van der Waals surface area contributed by atoms with Crippen molar-refractivity contribution < 1.29 is 14.5 Å². The van der Waals surface area contributed by atoms with Crippen molar-refractivity contribution in [3.63, 3.8) is 0 Å². The third-order valence-corrected chi connectivity index (χ3v) is 3.05. The molecule has 1 aromatic rings. The van der Waals surface area contributed by atoms with Crippen LogP contribution in [0.5, 0.6) is 0 Å². The molecule has 5 heteroatoms. The van der Waals surface area contributed by atoms with E-state index in [9.17, 15) is 9.59 Å².